The van der Waals surface area contributed by atoms with Crippen molar-refractivity contribution in [1.82, 2.24) is 10.3 Å². The van der Waals surface area contributed by atoms with E-state index in [4.69, 9.17) is 0 Å². The van der Waals surface area contributed by atoms with Crippen LogP contribution in [0.2, 0.25) is 0 Å². The molecular weight excluding hydrogens is 341 g/mol. The maximum Gasteiger partial charge on any atom is 0.269 e. The van der Waals surface area contributed by atoms with E-state index >= 15 is 0 Å². The molecule has 0 atom stereocenters. The maximum atomic E-state index is 12.9. The number of nitrogens with one attached hydrogen (secondary N) is 2. The number of benzene rings is 2. The standard InChI is InChI=1S/C22H22FN3O/c1-16-4-2-3-5-18(16)14-25-20-10-11-21(26-15-20)22(27)24-13-12-17-6-8-19(23)9-7-17/h2-11,15,25H,12-14H2,1H3,(H,24,27). The normalized spacial score (nSPS) is 10.4. The van der Waals surface area contributed by atoms with E-state index < -0.39 is 0 Å². The van der Waals surface area contributed by atoms with Crippen LogP contribution in [-0.2, 0) is 13.0 Å². The summed E-state index contributed by atoms with van der Waals surface area (Å²) in [5.74, 6) is -0.481. The Kier molecular flexibility index (Phi) is 6.15. The van der Waals surface area contributed by atoms with E-state index in [0.717, 1.165) is 11.3 Å². The fourth-order valence-corrected chi connectivity index (χ4v) is 2.70. The Balaban J connectivity index is 1.48. The average molecular weight is 363 g/mol. The zero-order chi connectivity index (χ0) is 19.1. The molecule has 138 valence electrons. The van der Waals surface area contributed by atoms with E-state index in [1.807, 2.05) is 18.2 Å². The van der Waals surface area contributed by atoms with Crippen molar-refractivity contribution in [2.24, 2.45) is 0 Å². The van der Waals surface area contributed by atoms with Gasteiger partial charge < -0.3 is 10.6 Å². The van der Waals surface area contributed by atoms with Gasteiger partial charge in [0, 0.05) is 13.1 Å². The second-order valence-corrected chi connectivity index (χ2v) is 6.34. The fourth-order valence-electron chi connectivity index (χ4n) is 2.70. The first-order valence-corrected chi connectivity index (χ1v) is 8.89. The van der Waals surface area contributed by atoms with E-state index in [-0.39, 0.29) is 11.7 Å². The Morgan fingerprint density at radius 3 is 2.52 bits per heavy atom. The first-order valence-electron chi connectivity index (χ1n) is 8.89. The minimum absolute atomic E-state index is 0.220. The molecule has 0 unspecified atom stereocenters. The second-order valence-electron chi connectivity index (χ2n) is 6.34. The molecule has 2 aromatic carbocycles. The molecule has 4 nitrogen and oxygen atoms in total. The Morgan fingerprint density at radius 2 is 1.81 bits per heavy atom. The summed E-state index contributed by atoms with van der Waals surface area (Å²) in [6.07, 6.45) is 2.30. The van der Waals surface area contributed by atoms with Crippen molar-refractivity contribution in [2.45, 2.75) is 19.9 Å². The van der Waals surface area contributed by atoms with E-state index in [1.165, 1.54) is 23.3 Å². The number of pyridine rings is 1. The van der Waals surface area contributed by atoms with Crippen LogP contribution in [0, 0.1) is 12.7 Å². The highest BCUT2D eigenvalue weighted by molar-refractivity contribution is 5.92. The number of aryl methyl sites for hydroxylation is 1. The van der Waals surface area contributed by atoms with E-state index in [0.29, 0.717) is 25.2 Å². The summed E-state index contributed by atoms with van der Waals surface area (Å²) in [4.78, 5) is 16.4. The molecule has 3 aromatic rings. The molecule has 27 heavy (non-hydrogen) atoms. The number of amides is 1. The molecule has 1 amide bonds. The molecule has 0 aliphatic heterocycles. The largest absolute Gasteiger partial charge is 0.380 e. The van der Waals surface area contributed by atoms with Gasteiger partial charge in [-0.15, -0.1) is 0 Å². The van der Waals surface area contributed by atoms with Gasteiger partial charge in [-0.25, -0.2) is 9.37 Å². The number of hydrogen-bond acceptors (Lipinski definition) is 3. The van der Waals surface area contributed by atoms with Crippen molar-refractivity contribution in [2.75, 3.05) is 11.9 Å². The number of carbonyl (C=O) groups excluding carboxylic acids is 1. The topological polar surface area (TPSA) is 54.0 Å². The summed E-state index contributed by atoms with van der Waals surface area (Å²) in [6, 6.07) is 18.0. The Labute approximate surface area is 158 Å². The van der Waals surface area contributed by atoms with Crippen LogP contribution in [0.4, 0.5) is 10.1 Å². The van der Waals surface area contributed by atoms with Crippen LogP contribution in [-0.4, -0.2) is 17.4 Å². The lowest BCUT2D eigenvalue weighted by Crippen LogP contribution is -2.26. The van der Waals surface area contributed by atoms with Crippen molar-refractivity contribution in [1.29, 1.82) is 0 Å². The molecule has 0 aliphatic rings. The molecule has 5 heteroatoms. The number of aromatic nitrogens is 1. The van der Waals surface area contributed by atoms with Gasteiger partial charge in [0.05, 0.1) is 11.9 Å². The van der Waals surface area contributed by atoms with Crippen LogP contribution < -0.4 is 10.6 Å². The number of carbonyl (C=O) groups is 1. The number of hydrogen-bond donors (Lipinski definition) is 2. The quantitative estimate of drug-likeness (QED) is 0.664. The predicted octanol–water partition coefficient (Wildman–Crippen LogP) is 4.11. The first-order chi connectivity index (χ1) is 13.1. The van der Waals surface area contributed by atoms with Crippen LogP contribution in [0.5, 0.6) is 0 Å². The maximum absolute atomic E-state index is 12.9. The van der Waals surface area contributed by atoms with Crippen LogP contribution in [0.25, 0.3) is 0 Å². The van der Waals surface area contributed by atoms with Crippen molar-refractivity contribution in [3.05, 3.63) is 95.1 Å². The summed E-state index contributed by atoms with van der Waals surface area (Å²) in [5.41, 5.74) is 4.66. The Hall–Kier alpha value is -3.21. The number of anilines is 1. The number of nitrogens with zero attached hydrogens (tertiary/aromatic N) is 1. The molecule has 0 aliphatic carbocycles. The van der Waals surface area contributed by atoms with E-state index in [2.05, 4.69) is 34.7 Å². The lowest BCUT2D eigenvalue weighted by molar-refractivity contribution is 0.0949. The molecule has 1 aromatic heterocycles. The molecule has 0 bridgehead atoms. The molecule has 3 rings (SSSR count). The van der Waals surface area contributed by atoms with Gasteiger partial charge in [0.25, 0.3) is 5.91 Å². The number of rotatable bonds is 7. The van der Waals surface area contributed by atoms with Gasteiger partial charge in [-0.1, -0.05) is 36.4 Å². The van der Waals surface area contributed by atoms with Crippen LogP contribution >= 0.6 is 0 Å². The summed E-state index contributed by atoms with van der Waals surface area (Å²) in [5, 5.41) is 6.14. The molecule has 2 N–H and O–H groups in total. The fraction of sp³-hybridized carbons (Fsp3) is 0.182. The van der Waals surface area contributed by atoms with Gasteiger partial charge >= 0.3 is 0 Å². The average Bonchev–Trinajstić information content (AvgIpc) is 2.69. The molecule has 0 saturated carbocycles. The zero-order valence-corrected chi connectivity index (χ0v) is 15.2. The highest BCUT2D eigenvalue weighted by Gasteiger charge is 2.07. The third kappa shape index (κ3) is 5.38. The van der Waals surface area contributed by atoms with Crippen molar-refractivity contribution in [3.8, 4) is 0 Å². The highest BCUT2D eigenvalue weighted by atomic mass is 19.1. The highest BCUT2D eigenvalue weighted by Crippen LogP contribution is 2.12. The number of halogens is 1. The van der Waals surface area contributed by atoms with Gasteiger partial charge in [-0.2, -0.15) is 0 Å². The van der Waals surface area contributed by atoms with Crippen LogP contribution in [0.3, 0.4) is 0 Å². The third-order valence-electron chi connectivity index (χ3n) is 4.35. The Bertz CT molecular complexity index is 892. The monoisotopic (exact) mass is 363 g/mol. The van der Waals surface area contributed by atoms with Crippen molar-refractivity contribution in [3.63, 3.8) is 0 Å². The van der Waals surface area contributed by atoms with E-state index in [9.17, 15) is 9.18 Å². The van der Waals surface area contributed by atoms with Gasteiger partial charge in [-0.3, -0.25) is 4.79 Å². The van der Waals surface area contributed by atoms with Crippen LogP contribution in [0.1, 0.15) is 27.2 Å². The SMILES string of the molecule is Cc1ccccc1CNc1ccc(C(=O)NCCc2ccc(F)cc2)nc1. The minimum Gasteiger partial charge on any atom is -0.380 e. The van der Waals surface area contributed by atoms with Gasteiger partial charge in [0.15, 0.2) is 0 Å². The molecule has 0 fully saturated rings. The first kappa shape index (κ1) is 18.6. The molecule has 1 heterocycles. The zero-order valence-electron chi connectivity index (χ0n) is 15.2. The van der Waals surface area contributed by atoms with Crippen LogP contribution in [0.15, 0.2) is 66.9 Å². The third-order valence-corrected chi connectivity index (χ3v) is 4.35. The summed E-state index contributed by atoms with van der Waals surface area (Å²) < 4.78 is 12.9. The summed E-state index contributed by atoms with van der Waals surface area (Å²) in [7, 11) is 0. The molecular formula is C22H22FN3O. The summed E-state index contributed by atoms with van der Waals surface area (Å²) >= 11 is 0. The predicted molar refractivity (Wildman–Crippen MR) is 105 cm³/mol. The van der Waals surface area contributed by atoms with Crippen molar-refractivity contribution < 1.29 is 9.18 Å². The second kappa shape index (κ2) is 8.94. The Morgan fingerprint density at radius 1 is 1.04 bits per heavy atom. The van der Waals surface area contributed by atoms with Gasteiger partial charge in [0.2, 0.25) is 0 Å². The van der Waals surface area contributed by atoms with Gasteiger partial charge in [0.1, 0.15) is 11.5 Å². The molecule has 0 radical (unpaired) electrons. The molecule has 0 saturated heterocycles. The smallest absolute Gasteiger partial charge is 0.269 e. The minimum atomic E-state index is -0.261. The van der Waals surface area contributed by atoms with Gasteiger partial charge in [-0.05, 0) is 54.3 Å². The molecule has 0 spiro atoms. The van der Waals surface area contributed by atoms with Crippen molar-refractivity contribution >= 4 is 11.6 Å². The lowest BCUT2D eigenvalue weighted by Gasteiger charge is -2.09. The summed E-state index contributed by atoms with van der Waals surface area (Å²) in [6.45, 7) is 3.26. The lowest BCUT2D eigenvalue weighted by atomic mass is 10.1. The van der Waals surface area contributed by atoms with E-state index in [1.54, 1.807) is 24.4 Å².